The molecule has 31 heavy (non-hydrogen) atoms. The smallest absolute Gasteiger partial charge is 0.0883 e. The average Bonchev–Trinajstić information content (AvgIpc) is 3.39. The quantitative estimate of drug-likeness (QED) is 0.695. The highest BCUT2D eigenvalue weighted by Crippen LogP contribution is 2.65. The molecular formula is C26H43N3O2. The molecule has 4 aliphatic rings. The summed E-state index contributed by atoms with van der Waals surface area (Å²) in [4.78, 5) is 1.89. The van der Waals surface area contributed by atoms with E-state index in [1.54, 1.807) is 12.4 Å². The molecular weight excluding hydrogens is 386 g/mol. The molecule has 4 fully saturated rings. The van der Waals surface area contributed by atoms with Gasteiger partial charge in [0.15, 0.2) is 0 Å². The van der Waals surface area contributed by atoms with Crippen LogP contribution < -0.4 is 0 Å². The van der Waals surface area contributed by atoms with Crippen LogP contribution in [-0.4, -0.2) is 38.9 Å². The first-order chi connectivity index (χ1) is 14.9. The number of rotatable bonds is 6. The Balaban J connectivity index is 1.26. The Morgan fingerprint density at radius 3 is 2.58 bits per heavy atom. The van der Waals surface area contributed by atoms with Gasteiger partial charge in [-0.25, -0.2) is 0 Å². The Kier molecular flexibility index (Phi) is 5.96. The standard InChI is InChI=1S/C26H43N3O2/c1-4-31-17-26(30)12-10-20-19(15-26)5-6-22-21(20)9-11-25(3)23(7-8-24(22)25)18(2)16-29-27-13-14-28-29/h13-14,18-24,30H,4-12,15-17H2,1-3H3/t18-,19+,20-,21+,22+,23+,24-,25+,26+/m0/s1. The molecule has 5 nitrogen and oxygen atoms in total. The Bertz CT molecular complexity index is 739. The second-order valence-electron chi connectivity index (χ2n) is 11.8. The predicted molar refractivity (Wildman–Crippen MR) is 121 cm³/mol. The Morgan fingerprint density at radius 1 is 1.03 bits per heavy atom. The van der Waals surface area contributed by atoms with Crippen molar-refractivity contribution in [3.63, 3.8) is 0 Å². The molecule has 0 amide bonds. The van der Waals surface area contributed by atoms with Crippen molar-refractivity contribution in [1.29, 1.82) is 0 Å². The van der Waals surface area contributed by atoms with Crippen molar-refractivity contribution in [3.8, 4) is 0 Å². The zero-order valence-electron chi connectivity index (χ0n) is 19.9. The molecule has 0 aromatic carbocycles. The molecule has 0 aliphatic heterocycles. The minimum absolute atomic E-state index is 0.491. The van der Waals surface area contributed by atoms with Crippen LogP contribution in [0.3, 0.4) is 0 Å². The molecule has 0 radical (unpaired) electrons. The first-order valence-electron chi connectivity index (χ1n) is 13.1. The number of hydrogen-bond acceptors (Lipinski definition) is 4. The van der Waals surface area contributed by atoms with E-state index in [0.29, 0.717) is 30.5 Å². The van der Waals surface area contributed by atoms with E-state index < -0.39 is 5.60 Å². The van der Waals surface area contributed by atoms with Crippen molar-refractivity contribution in [1.82, 2.24) is 15.0 Å². The summed E-state index contributed by atoms with van der Waals surface area (Å²) in [6.07, 6.45) is 15.0. The maximum atomic E-state index is 11.1. The van der Waals surface area contributed by atoms with Gasteiger partial charge in [0.05, 0.1) is 31.1 Å². The molecule has 1 N–H and O–H groups in total. The number of aromatic nitrogens is 3. The fourth-order valence-electron chi connectivity index (χ4n) is 9.08. The van der Waals surface area contributed by atoms with Crippen LogP contribution in [0.2, 0.25) is 0 Å². The summed E-state index contributed by atoms with van der Waals surface area (Å²) >= 11 is 0. The summed E-state index contributed by atoms with van der Waals surface area (Å²) < 4.78 is 5.64. The molecule has 5 heteroatoms. The lowest BCUT2D eigenvalue weighted by molar-refractivity contribution is -0.129. The Morgan fingerprint density at radius 2 is 1.81 bits per heavy atom. The number of fused-ring (bicyclic) bond motifs is 5. The number of ether oxygens (including phenoxy) is 1. The van der Waals surface area contributed by atoms with E-state index in [0.717, 1.165) is 49.0 Å². The van der Waals surface area contributed by atoms with Crippen LogP contribution in [0.25, 0.3) is 0 Å². The van der Waals surface area contributed by atoms with Gasteiger partial charge in [0, 0.05) is 6.61 Å². The van der Waals surface area contributed by atoms with Gasteiger partial charge in [0.25, 0.3) is 0 Å². The molecule has 0 unspecified atom stereocenters. The van der Waals surface area contributed by atoms with Crippen LogP contribution in [0.1, 0.15) is 78.6 Å². The van der Waals surface area contributed by atoms with Crippen molar-refractivity contribution in [2.45, 2.75) is 90.7 Å². The Labute approximate surface area is 188 Å². The molecule has 1 aromatic heterocycles. The maximum Gasteiger partial charge on any atom is 0.0883 e. The lowest BCUT2D eigenvalue weighted by atomic mass is 9.48. The van der Waals surface area contributed by atoms with E-state index in [9.17, 15) is 5.11 Å². The van der Waals surface area contributed by atoms with Gasteiger partial charge >= 0.3 is 0 Å². The molecule has 0 saturated heterocycles. The van der Waals surface area contributed by atoms with Gasteiger partial charge in [0.2, 0.25) is 0 Å². The van der Waals surface area contributed by atoms with E-state index in [1.165, 1.54) is 44.9 Å². The molecule has 1 aromatic rings. The zero-order valence-corrected chi connectivity index (χ0v) is 19.9. The molecule has 1 heterocycles. The molecule has 4 aliphatic carbocycles. The normalized spacial score (nSPS) is 45.5. The summed E-state index contributed by atoms with van der Waals surface area (Å²) in [6.45, 7) is 9.29. The molecule has 0 bridgehead atoms. The van der Waals surface area contributed by atoms with Crippen LogP contribution in [-0.2, 0) is 11.3 Å². The summed E-state index contributed by atoms with van der Waals surface area (Å²) in [5, 5.41) is 19.8. The second-order valence-corrected chi connectivity index (χ2v) is 11.8. The number of hydrogen-bond donors (Lipinski definition) is 1. The number of nitrogens with zero attached hydrogens (tertiary/aromatic N) is 3. The van der Waals surface area contributed by atoms with Crippen LogP contribution in [0, 0.1) is 46.8 Å². The summed E-state index contributed by atoms with van der Waals surface area (Å²) in [6, 6.07) is 0. The lowest BCUT2D eigenvalue weighted by Crippen LogP contribution is -2.52. The molecule has 174 valence electrons. The van der Waals surface area contributed by atoms with Crippen molar-refractivity contribution in [2.24, 2.45) is 46.8 Å². The van der Waals surface area contributed by atoms with Gasteiger partial charge < -0.3 is 9.84 Å². The molecule has 9 atom stereocenters. The van der Waals surface area contributed by atoms with Crippen molar-refractivity contribution in [2.75, 3.05) is 13.2 Å². The number of aliphatic hydroxyl groups is 1. The van der Waals surface area contributed by atoms with Crippen LogP contribution in [0.5, 0.6) is 0 Å². The van der Waals surface area contributed by atoms with Gasteiger partial charge in [-0.15, -0.1) is 0 Å². The van der Waals surface area contributed by atoms with Crippen LogP contribution in [0.4, 0.5) is 0 Å². The van der Waals surface area contributed by atoms with Crippen molar-refractivity contribution < 1.29 is 9.84 Å². The minimum atomic E-state index is -0.568. The van der Waals surface area contributed by atoms with Gasteiger partial charge in [-0.05, 0) is 112 Å². The summed E-state index contributed by atoms with van der Waals surface area (Å²) in [5.74, 6) is 5.70. The van der Waals surface area contributed by atoms with E-state index in [-0.39, 0.29) is 0 Å². The van der Waals surface area contributed by atoms with Crippen LogP contribution in [0.15, 0.2) is 12.4 Å². The molecule has 4 saturated carbocycles. The van der Waals surface area contributed by atoms with Gasteiger partial charge in [-0.2, -0.15) is 15.0 Å². The lowest BCUT2D eigenvalue weighted by Gasteiger charge is -2.57. The Hall–Kier alpha value is -0.940. The van der Waals surface area contributed by atoms with Gasteiger partial charge in [-0.3, -0.25) is 0 Å². The van der Waals surface area contributed by atoms with E-state index >= 15 is 0 Å². The highest BCUT2D eigenvalue weighted by Gasteiger charge is 2.58. The minimum Gasteiger partial charge on any atom is -0.387 e. The highest BCUT2D eigenvalue weighted by atomic mass is 16.5. The van der Waals surface area contributed by atoms with E-state index in [2.05, 4.69) is 24.0 Å². The first-order valence-corrected chi connectivity index (χ1v) is 13.1. The van der Waals surface area contributed by atoms with Crippen molar-refractivity contribution >= 4 is 0 Å². The third-order valence-corrected chi connectivity index (χ3v) is 10.4. The fourth-order valence-corrected chi connectivity index (χ4v) is 9.08. The maximum absolute atomic E-state index is 11.1. The van der Waals surface area contributed by atoms with Crippen LogP contribution >= 0.6 is 0 Å². The van der Waals surface area contributed by atoms with Crippen molar-refractivity contribution in [3.05, 3.63) is 12.4 Å². The second kappa shape index (κ2) is 8.44. The topological polar surface area (TPSA) is 60.2 Å². The third kappa shape index (κ3) is 3.88. The summed E-state index contributed by atoms with van der Waals surface area (Å²) in [5.41, 5.74) is -0.0768. The van der Waals surface area contributed by atoms with Gasteiger partial charge in [0.1, 0.15) is 0 Å². The largest absolute Gasteiger partial charge is 0.387 e. The monoisotopic (exact) mass is 429 g/mol. The average molecular weight is 430 g/mol. The molecule has 5 rings (SSSR count). The fraction of sp³-hybridized carbons (Fsp3) is 0.923. The molecule has 0 spiro atoms. The summed E-state index contributed by atoms with van der Waals surface area (Å²) in [7, 11) is 0. The predicted octanol–water partition coefficient (Wildman–Crippen LogP) is 4.95. The third-order valence-electron chi connectivity index (χ3n) is 10.4. The highest BCUT2D eigenvalue weighted by molar-refractivity contribution is 5.07. The van der Waals surface area contributed by atoms with E-state index in [4.69, 9.17) is 4.74 Å². The zero-order chi connectivity index (χ0) is 21.6. The first kappa shape index (κ1) is 21.9. The SMILES string of the molecule is CCOC[C@@]1(O)CC[C@H]2[C@H](CC[C@@H]3[C@@H]2CC[C@]2(C)[C@@H]([C@@H](C)Cn4nccn4)CC[C@@H]32)C1. The van der Waals surface area contributed by atoms with Gasteiger partial charge in [-0.1, -0.05) is 13.8 Å². The van der Waals surface area contributed by atoms with E-state index in [1.807, 2.05) is 11.7 Å².